The third-order valence-electron chi connectivity index (χ3n) is 6.94. The first-order valence-corrected chi connectivity index (χ1v) is 10.5. The molecule has 2 N–H and O–H groups in total. The van der Waals surface area contributed by atoms with Crippen molar-refractivity contribution in [1.82, 2.24) is 20.3 Å². The van der Waals surface area contributed by atoms with Crippen LogP contribution in [0.3, 0.4) is 0 Å². The fourth-order valence-corrected chi connectivity index (χ4v) is 5.11. The van der Waals surface area contributed by atoms with Crippen LogP contribution in [0.1, 0.15) is 25.5 Å². The lowest BCUT2D eigenvalue weighted by atomic mass is 9.77. The third-order valence-corrected chi connectivity index (χ3v) is 6.94. The fourth-order valence-electron chi connectivity index (χ4n) is 5.11. The van der Waals surface area contributed by atoms with Gasteiger partial charge in [0.25, 0.3) is 5.92 Å². The lowest BCUT2D eigenvalue weighted by Gasteiger charge is -2.42. The van der Waals surface area contributed by atoms with Gasteiger partial charge in [-0.05, 0) is 42.5 Å². The molecular weight excluding hydrogens is 414 g/mol. The predicted octanol–water partition coefficient (Wildman–Crippen LogP) is 4.20. The Morgan fingerprint density at radius 2 is 2.00 bits per heavy atom. The minimum absolute atomic E-state index is 0.0795. The summed E-state index contributed by atoms with van der Waals surface area (Å²) in [5, 5.41) is 15.3. The largest absolute Gasteiger partial charge is 0.507 e. The number of nitrogens with zero attached hydrogens (tertiary/aromatic N) is 3. The molecule has 5 rings (SSSR count). The highest BCUT2D eigenvalue weighted by Crippen LogP contribution is 2.51. The van der Waals surface area contributed by atoms with Crippen LogP contribution in [-0.2, 0) is 4.74 Å². The van der Waals surface area contributed by atoms with Gasteiger partial charge in [0.2, 0.25) is 0 Å². The van der Waals surface area contributed by atoms with Gasteiger partial charge in [-0.3, -0.25) is 15.0 Å². The van der Waals surface area contributed by atoms with E-state index in [1.807, 2.05) is 12.1 Å². The average Bonchev–Trinajstić information content (AvgIpc) is 2.96. The van der Waals surface area contributed by atoms with Gasteiger partial charge in [-0.1, -0.05) is 6.58 Å². The molecule has 32 heavy (non-hydrogen) atoms. The second kappa shape index (κ2) is 7.28. The second-order valence-corrected chi connectivity index (χ2v) is 8.91. The van der Waals surface area contributed by atoms with Crippen molar-refractivity contribution in [1.29, 1.82) is 0 Å². The topological polar surface area (TPSA) is 80.2 Å². The lowest BCUT2D eigenvalue weighted by Crippen LogP contribution is -2.59. The second-order valence-electron chi connectivity index (χ2n) is 8.91. The Morgan fingerprint density at radius 3 is 2.72 bits per heavy atom. The molecule has 0 spiro atoms. The van der Waals surface area contributed by atoms with Crippen LogP contribution < -0.4 is 5.32 Å². The van der Waals surface area contributed by atoms with E-state index in [4.69, 9.17) is 4.74 Å². The van der Waals surface area contributed by atoms with Gasteiger partial charge in [-0.2, -0.15) is 0 Å². The van der Waals surface area contributed by atoms with Crippen molar-refractivity contribution in [3.63, 3.8) is 0 Å². The summed E-state index contributed by atoms with van der Waals surface area (Å²) >= 11 is 0. The molecule has 4 heterocycles. The normalized spacial score (nSPS) is 28.7. The number of alkyl halides is 2. The fraction of sp³-hybridized carbons (Fsp3) is 0.375. The molecule has 2 bridgehead atoms. The molecule has 1 aromatic carbocycles. The van der Waals surface area contributed by atoms with Gasteiger partial charge in [0.15, 0.2) is 0 Å². The summed E-state index contributed by atoms with van der Waals surface area (Å²) in [6.07, 6.45) is 6.01. The standard InChI is InChI=1S/C24H24F2N4O2/c1-13(17-8-23(2)24(25,26)9-18(30-23)22(17)32-3)19-11-29-20(12-28-19)16-6-14-4-5-27-10-15(14)7-21(16)31/h4-7,10-12,17-18,22,30-31H,1,8-9H2,2-3H3/t17-,18?,22-,23-/m1/s1. The molecule has 166 valence electrons. The highest BCUT2D eigenvalue weighted by atomic mass is 19.3. The van der Waals surface area contributed by atoms with E-state index in [0.717, 1.165) is 10.8 Å². The molecule has 2 aromatic heterocycles. The molecule has 4 atom stereocenters. The number of rotatable bonds is 4. The van der Waals surface area contributed by atoms with Crippen LogP contribution in [0.15, 0.2) is 49.6 Å². The van der Waals surface area contributed by atoms with E-state index < -0.39 is 23.6 Å². The molecule has 2 saturated heterocycles. The minimum atomic E-state index is -2.82. The summed E-state index contributed by atoms with van der Waals surface area (Å²) in [5.41, 5.74) is 0.901. The highest BCUT2D eigenvalue weighted by Gasteiger charge is 2.64. The monoisotopic (exact) mass is 438 g/mol. The van der Waals surface area contributed by atoms with Crippen LogP contribution in [0.4, 0.5) is 8.78 Å². The number of hydrogen-bond acceptors (Lipinski definition) is 6. The van der Waals surface area contributed by atoms with E-state index in [1.165, 1.54) is 0 Å². The highest BCUT2D eigenvalue weighted by molar-refractivity contribution is 5.89. The maximum atomic E-state index is 14.6. The smallest absolute Gasteiger partial charge is 0.267 e. The van der Waals surface area contributed by atoms with Crippen LogP contribution in [0.5, 0.6) is 5.75 Å². The van der Waals surface area contributed by atoms with Crippen LogP contribution in [0.2, 0.25) is 0 Å². The molecule has 0 aliphatic carbocycles. The molecule has 6 nitrogen and oxygen atoms in total. The number of ether oxygens (including phenoxy) is 1. The minimum Gasteiger partial charge on any atom is -0.507 e. The predicted molar refractivity (Wildman–Crippen MR) is 117 cm³/mol. The van der Waals surface area contributed by atoms with E-state index in [-0.39, 0.29) is 24.5 Å². The summed E-state index contributed by atoms with van der Waals surface area (Å²) in [4.78, 5) is 13.0. The van der Waals surface area contributed by atoms with Gasteiger partial charge in [0.05, 0.1) is 35.4 Å². The first-order valence-electron chi connectivity index (χ1n) is 10.5. The van der Waals surface area contributed by atoms with Crippen molar-refractivity contribution in [3.05, 3.63) is 55.3 Å². The van der Waals surface area contributed by atoms with Crippen LogP contribution in [0, 0.1) is 5.92 Å². The Bertz CT molecular complexity index is 1200. The summed E-state index contributed by atoms with van der Waals surface area (Å²) < 4.78 is 34.9. The molecule has 3 aromatic rings. The number of nitrogens with one attached hydrogen (secondary N) is 1. The lowest BCUT2D eigenvalue weighted by molar-refractivity contribution is -0.0630. The molecule has 0 radical (unpaired) electrons. The van der Waals surface area contributed by atoms with E-state index >= 15 is 0 Å². The number of aromatic nitrogens is 3. The Morgan fingerprint density at radius 1 is 1.19 bits per heavy atom. The summed E-state index contributed by atoms with van der Waals surface area (Å²) in [6.45, 7) is 5.73. The van der Waals surface area contributed by atoms with Gasteiger partial charge >= 0.3 is 0 Å². The van der Waals surface area contributed by atoms with Crippen molar-refractivity contribution in [2.24, 2.45) is 5.92 Å². The molecule has 1 unspecified atom stereocenters. The maximum absolute atomic E-state index is 14.6. The molecule has 2 fully saturated rings. The zero-order valence-electron chi connectivity index (χ0n) is 17.8. The first-order chi connectivity index (χ1) is 15.2. The van der Waals surface area contributed by atoms with Gasteiger partial charge in [-0.15, -0.1) is 0 Å². The number of methoxy groups -OCH3 is 1. The Kier molecular flexibility index (Phi) is 4.76. The molecular formula is C24H24F2N4O2. The van der Waals surface area contributed by atoms with Crippen LogP contribution in [0.25, 0.3) is 27.6 Å². The van der Waals surface area contributed by atoms with Crippen molar-refractivity contribution in [3.8, 4) is 17.0 Å². The zero-order valence-corrected chi connectivity index (χ0v) is 17.8. The van der Waals surface area contributed by atoms with Gasteiger partial charge in [0.1, 0.15) is 5.75 Å². The van der Waals surface area contributed by atoms with Gasteiger partial charge in [0, 0.05) is 48.8 Å². The Balaban J connectivity index is 1.44. The number of halogens is 2. The quantitative estimate of drug-likeness (QED) is 0.636. The molecule has 0 amide bonds. The summed E-state index contributed by atoms with van der Waals surface area (Å²) in [6, 6.07) is 4.88. The third kappa shape index (κ3) is 3.17. The van der Waals surface area contributed by atoms with Crippen LogP contribution in [-0.4, -0.2) is 50.8 Å². The van der Waals surface area contributed by atoms with Gasteiger partial charge in [-0.25, -0.2) is 8.78 Å². The number of hydrogen-bond donors (Lipinski definition) is 2. The van der Waals surface area contributed by atoms with Crippen molar-refractivity contribution in [2.45, 2.75) is 43.4 Å². The van der Waals surface area contributed by atoms with Crippen LogP contribution >= 0.6 is 0 Å². The zero-order chi connectivity index (χ0) is 22.7. The molecule has 2 aliphatic rings. The number of fused-ring (bicyclic) bond motifs is 3. The van der Waals surface area contributed by atoms with Crippen molar-refractivity contribution >= 4 is 16.3 Å². The maximum Gasteiger partial charge on any atom is 0.267 e. The average molecular weight is 438 g/mol. The molecule has 0 saturated carbocycles. The molecule has 8 heteroatoms. The van der Waals surface area contributed by atoms with E-state index in [1.54, 1.807) is 44.9 Å². The SMILES string of the molecule is C=C(c1cnc(-c2cc3ccncc3cc2O)cn1)[C@H]1C[C@@]2(C)NC(CC2(F)F)[C@@H]1OC. The first kappa shape index (κ1) is 20.9. The van der Waals surface area contributed by atoms with Crippen molar-refractivity contribution < 1.29 is 18.6 Å². The summed E-state index contributed by atoms with van der Waals surface area (Å²) in [7, 11) is 1.54. The number of phenolic OH excluding ortho intramolecular Hbond substituents is 1. The number of phenols is 1. The van der Waals surface area contributed by atoms with Crippen molar-refractivity contribution in [2.75, 3.05) is 7.11 Å². The number of aromatic hydroxyl groups is 1. The Labute approximate surface area is 184 Å². The molecule has 2 aliphatic heterocycles. The Hall–Kier alpha value is -2.97. The van der Waals surface area contributed by atoms with E-state index in [9.17, 15) is 13.9 Å². The van der Waals surface area contributed by atoms with Gasteiger partial charge < -0.3 is 15.2 Å². The number of pyridine rings is 1. The van der Waals surface area contributed by atoms with E-state index in [2.05, 4.69) is 26.8 Å². The van der Waals surface area contributed by atoms with E-state index in [0.29, 0.717) is 22.5 Å². The summed E-state index contributed by atoms with van der Waals surface area (Å²) in [5.74, 6) is -3.05. The number of benzene rings is 1. The number of piperidine rings is 1.